The van der Waals surface area contributed by atoms with E-state index in [0.29, 0.717) is 0 Å². The molecule has 0 aliphatic heterocycles. The lowest BCUT2D eigenvalue weighted by Gasteiger charge is -2.01. The molecular formula is C9H5F2NO2. The third-order valence-corrected chi connectivity index (χ3v) is 1.71. The van der Waals surface area contributed by atoms with Crippen molar-refractivity contribution in [1.82, 2.24) is 4.98 Å². The van der Waals surface area contributed by atoms with E-state index in [1.807, 2.05) is 0 Å². The lowest BCUT2D eigenvalue weighted by atomic mass is 10.1. The first-order valence-corrected chi connectivity index (χ1v) is 3.75. The van der Waals surface area contributed by atoms with Crippen LogP contribution < -0.4 is 0 Å². The molecule has 0 amide bonds. The van der Waals surface area contributed by atoms with Gasteiger partial charge in [-0.3, -0.25) is 0 Å². The fraction of sp³-hybridized carbons (Fsp3) is 0. The molecule has 72 valence electrons. The van der Waals surface area contributed by atoms with Gasteiger partial charge in [-0.1, -0.05) is 0 Å². The first kappa shape index (κ1) is 8.68. The number of halogens is 2. The summed E-state index contributed by atoms with van der Waals surface area (Å²) >= 11 is 0. The predicted octanol–water partition coefficient (Wildman–Crippen LogP) is 2.33. The highest BCUT2D eigenvalue weighted by atomic mass is 19.1. The number of phenols is 1. The molecule has 0 spiro atoms. The number of hydrogen-bond acceptors (Lipinski definition) is 3. The van der Waals surface area contributed by atoms with Crippen molar-refractivity contribution in [3.63, 3.8) is 0 Å². The van der Waals surface area contributed by atoms with Crippen LogP contribution in [0.15, 0.2) is 29.1 Å². The highest BCUT2D eigenvalue weighted by molar-refractivity contribution is 5.59. The normalized spacial score (nSPS) is 10.4. The van der Waals surface area contributed by atoms with E-state index in [1.165, 1.54) is 6.20 Å². The van der Waals surface area contributed by atoms with Gasteiger partial charge in [0.15, 0.2) is 12.2 Å². The average molecular weight is 197 g/mol. The van der Waals surface area contributed by atoms with Crippen molar-refractivity contribution in [3.05, 3.63) is 36.4 Å². The van der Waals surface area contributed by atoms with Gasteiger partial charge in [0.2, 0.25) is 0 Å². The minimum absolute atomic E-state index is 0.0139. The molecule has 1 aromatic heterocycles. The molecule has 0 fully saturated rings. The van der Waals surface area contributed by atoms with E-state index in [1.54, 1.807) is 0 Å². The maximum atomic E-state index is 13.2. The zero-order chi connectivity index (χ0) is 10.1. The molecule has 5 heteroatoms. The van der Waals surface area contributed by atoms with E-state index in [9.17, 15) is 8.78 Å². The van der Waals surface area contributed by atoms with Crippen molar-refractivity contribution in [2.24, 2.45) is 0 Å². The average Bonchev–Trinajstić information content (AvgIpc) is 2.54. The Balaban J connectivity index is 2.64. The van der Waals surface area contributed by atoms with E-state index in [2.05, 4.69) is 4.98 Å². The molecule has 0 aliphatic carbocycles. The zero-order valence-corrected chi connectivity index (χ0v) is 6.87. The topological polar surface area (TPSA) is 46.3 Å². The van der Waals surface area contributed by atoms with Crippen LogP contribution in [0.2, 0.25) is 0 Å². The van der Waals surface area contributed by atoms with Gasteiger partial charge in [0.25, 0.3) is 0 Å². The predicted molar refractivity (Wildman–Crippen MR) is 43.5 cm³/mol. The first-order valence-electron chi connectivity index (χ1n) is 3.75. The van der Waals surface area contributed by atoms with Crippen molar-refractivity contribution < 1.29 is 18.3 Å². The number of hydrogen-bond donors (Lipinski definition) is 1. The fourth-order valence-electron chi connectivity index (χ4n) is 1.13. The van der Waals surface area contributed by atoms with Crippen molar-refractivity contribution in [1.29, 1.82) is 0 Å². The minimum atomic E-state index is -0.890. The van der Waals surface area contributed by atoms with Gasteiger partial charge >= 0.3 is 0 Å². The first-order chi connectivity index (χ1) is 6.68. The summed E-state index contributed by atoms with van der Waals surface area (Å²) in [4.78, 5) is 3.54. The Kier molecular flexibility index (Phi) is 1.92. The van der Waals surface area contributed by atoms with E-state index in [-0.39, 0.29) is 11.3 Å². The molecule has 0 aliphatic rings. The van der Waals surface area contributed by atoms with Crippen LogP contribution >= 0.6 is 0 Å². The lowest BCUT2D eigenvalue weighted by Crippen LogP contribution is -1.88. The van der Waals surface area contributed by atoms with Crippen LogP contribution in [0.1, 0.15) is 0 Å². The van der Waals surface area contributed by atoms with E-state index >= 15 is 0 Å². The van der Waals surface area contributed by atoms with E-state index < -0.39 is 17.4 Å². The number of phenolic OH excluding ortho intramolecular Hbond substituents is 1. The molecule has 0 unspecified atom stereocenters. The Morgan fingerprint density at radius 1 is 1.21 bits per heavy atom. The summed E-state index contributed by atoms with van der Waals surface area (Å²) in [6.07, 6.45) is 2.26. The highest BCUT2D eigenvalue weighted by Crippen LogP contribution is 2.28. The molecular weight excluding hydrogens is 192 g/mol. The van der Waals surface area contributed by atoms with Crippen LogP contribution in [-0.4, -0.2) is 10.1 Å². The van der Waals surface area contributed by atoms with Gasteiger partial charge in [-0.2, -0.15) is 0 Å². The second-order valence-electron chi connectivity index (χ2n) is 2.65. The van der Waals surface area contributed by atoms with Crippen LogP contribution in [-0.2, 0) is 0 Å². The largest absolute Gasteiger partial charge is 0.508 e. The smallest absolute Gasteiger partial charge is 0.181 e. The number of nitrogens with zero attached hydrogens (tertiary/aromatic N) is 1. The van der Waals surface area contributed by atoms with Crippen molar-refractivity contribution in [2.75, 3.05) is 0 Å². The number of benzene rings is 1. The summed E-state index contributed by atoms with van der Waals surface area (Å²) in [5.41, 5.74) is -0.333. The second kappa shape index (κ2) is 3.10. The molecule has 0 saturated heterocycles. The number of oxazole rings is 1. The molecule has 0 bridgehead atoms. The maximum absolute atomic E-state index is 13.2. The van der Waals surface area contributed by atoms with Crippen LogP contribution in [0.5, 0.6) is 5.75 Å². The zero-order valence-electron chi connectivity index (χ0n) is 6.87. The second-order valence-corrected chi connectivity index (χ2v) is 2.65. The Bertz CT molecular complexity index is 431. The van der Waals surface area contributed by atoms with E-state index in [0.717, 1.165) is 18.5 Å². The quantitative estimate of drug-likeness (QED) is 0.763. The molecule has 1 N–H and O–H groups in total. The van der Waals surface area contributed by atoms with Crippen LogP contribution in [0.4, 0.5) is 8.78 Å². The summed E-state index contributed by atoms with van der Waals surface area (Å²) in [5.74, 6) is -2.26. The van der Waals surface area contributed by atoms with Crippen LogP contribution in [0.3, 0.4) is 0 Å². The summed E-state index contributed by atoms with van der Waals surface area (Å²) in [6.45, 7) is 0. The number of aromatic nitrogens is 1. The summed E-state index contributed by atoms with van der Waals surface area (Å²) in [7, 11) is 0. The maximum Gasteiger partial charge on any atom is 0.181 e. The highest BCUT2D eigenvalue weighted by Gasteiger charge is 2.15. The van der Waals surface area contributed by atoms with Gasteiger partial charge in [-0.05, 0) is 0 Å². The number of aromatic hydroxyl groups is 1. The van der Waals surface area contributed by atoms with Gasteiger partial charge in [0, 0.05) is 12.1 Å². The Morgan fingerprint density at radius 3 is 2.36 bits per heavy atom. The molecule has 1 heterocycles. The molecule has 0 saturated carbocycles. The van der Waals surface area contributed by atoms with Crippen molar-refractivity contribution >= 4 is 0 Å². The SMILES string of the molecule is Oc1cc(F)c(-c2cnco2)c(F)c1. The lowest BCUT2D eigenvalue weighted by molar-refractivity contribution is 0.460. The van der Waals surface area contributed by atoms with Crippen LogP contribution in [0, 0.1) is 11.6 Å². The summed E-state index contributed by atoms with van der Waals surface area (Å²) < 4.78 is 31.1. The molecule has 14 heavy (non-hydrogen) atoms. The van der Waals surface area contributed by atoms with Gasteiger partial charge in [-0.15, -0.1) is 0 Å². The minimum Gasteiger partial charge on any atom is -0.508 e. The standard InChI is InChI=1S/C9H5F2NO2/c10-6-1-5(13)2-7(11)9(6)8-3-12-4-14-8/h1-4,13H. The molecule has 2 aromatic rings. The Morgan fingerprint density at radius 2 is 1.86 bits per heavy atom. The van der Waals surface area contributed by atoms with Gasteiger partial charge < -0.3 is 9.52 Å². The van der Waals surface area contributed by atoms with Crippen molar-refractivity contribution in [3.8, 4) is 17.1 Å². The summed E-state index contributed by atoms with van der Waals surface area (Å²) in [6, 6.07) is 1.61. The Labute approximate surface area is 77.6 Å². The molecule has 0 atom stereocenters. The number of rotatable bonds is 1. The summed E-state index contributed by atoms with van der Waals surface area (Å²) in [5, 5.41) is 8.89. The van der Waals surface area contributed by atoms with Gasteiger partial charge in [0.05, 0.1) is 11.8 Å². The monoisotopic (exact) mass is 197 g/mol. The molecule has 2 rings (SSSR count). The van der Waals surface area contributed by atoms with E-state index in [4.69, 9.17) is 9.52 Å². The molecule has 0 radical (unpaired) electrons. The van der Waals surface area contributed by atoms with Gasteiger partial charge in [0.1, 0.15) is 17.4 Å². The van der Waals surface area contributed by atoms with Crippen molar-refractivity contribution in [2.45, 2.75) is 0 Å². The molecule has 1 aromatic carbocycles. The van der Waals surface area contributed by atoms with Crippen LogP contribution in [0.25, 0.3) is 11.3 Å². The fourth-order valence-corrected chi connectivity index (χ4v) is 1.13. The van der Waals surface area contributed by atoms with Gasteiger partial charge in [-0.25, -0.2) is 13.8 Å². The Hall–Kier alpha value is -1.91. The third kappa shape index (κ3) is 1.32. The molecule has 3 nitrogen and oxygen atoms in total. The third-order valence-electron chi connectivity index (χ3n) is 1.71.